The van der Waals surface area contributed by atoms with E-state index in [2.05, 4.69) is 22.9 Å². The van der Waals surface area contributed by atoms with Crippen molar-refractivity contribution in [2.75, 3.05) is 19.6 Å². The Labute approximate surface area is 79.6 Å². The van der Waals surface area contributed by atoms with Gasteiger partial charge in [0.25, 0.3) is 0 Å². The van der Waals surface area contributed by atoms with Crippen LogP contribution in [0.1, 0.15) is 24.8 Å². The van der Waals surface area contributed by atoms with E-state index >= 15 is 0 Å². The Bertz CT molecular complexity index is 252. The van der Waals surface area contributed by atoms with E-state index in [4.69, 9.17) is 0 Å². The van der Waals surface area contributed by atoms with Gasteiger partial charge in [0.15, 0.2) is 0 Å². The number of likely N-dealkylation sites (tertiary alicyclic amines) is 1. The van der Waals surface area contributed by atoms with Gasteiger partial charge in [0, 0.05) is 31.4 Å². The number of aromatic nitrogens is 1. The topological polar surface area (TPSA) is 16.1 Å². The molecule has 0 radical (unpaired) electrons. The van der Waals surface area contributed by atoms with Crippen LogP contribution in [-0.4, -0.2) is 29.5 Å². The van der Waals surface area contributed by atoms with Gasteiger partial charge in [0.05, 0.1) is 0 Å². The molecule has 1 aliphatic rings. The van der Waals surface area contributed by atoms with Gasteiger partial charge < -0.3 is 4.90 Å². The Hall–Kier alpha value is -0.890. The summed E-state index contributed by atoms with van der Waals surface area (Å²) in [6.07, 6.45) is 5.10. The van der Waals surface area contributed by atoms with Crippen molar-refractivity contribution in [2.24, 2.45) is 0 Å². The van der Waals surface area contributed by atoms with Gasteiger partial charge in [-0.15, -0.1) is 0 Å². The first kappa shape index (κ1) is 8.70. The summed E-state index contributed by atoms with van der Waals surface area (Å²) in [6.45, 7) is 5.92. The molecule has 0 spiro atoms. The average molecular weight is 176 g/mol. The fraction of sp³-hybridized carbons (Fsp3) is 0.545. The van der Waals surface area contributed by atoms with Crippen LogP contribution < -0.4 is 0 Å². The molecule has 0 aliphatic carbocycles. The number of hydrogen-bond donors (Lipinski definition) is 0. The van der Waals surface area contributed by atoms with Crippen molar-refractivity contribution in [2.45, 2.75) is 19.3 Å². The maximum atomic E-state index is 4.14. The highest BCUT2D eigenvalue weighted by Crippen LogP contribution is 2.25. The van der Waals surface area contributed by atoms with Crippen LogP contribution in [0.15, 0.2) is 24.5 Å². The summed E-state index contributed by atoms with van der Waals surface area (Å²) >= 11 is 0. The monoisotopic (exact) mass is 176 g/mol. The van der Waals surface area contributed by atoms with Crippen LogP contribution in [0, 0.1) is 0 Å². The summed E-state index contributed by atoms with van der Waals surface area (Å²) in [7, 11) is 0. The minimum Gasteiger partial charge on any atom is -0.302 e. The van der Waals surface area contributed by atoms with E-state index in [1.165, 1.54) is 31.6 Å². The lowest BCUT2D eigenvalue weighted by Gasteiger charge is -2.39. The average Bonchev–Trinajstić information content (AvgIpc) is 2.12. The van der Waals surface area contributed by atoms with Gasteiger partial charge in [-0.3, -0.25) is 4.98 Å². The van der Waals surface area contributed by atoms with Crippen LogP contribution in [0.5, 0.6) is 0 Å². The molecular weight excluding hydrogens is 160 g/mol. The SMILES string of the molecule is CCCN1CC(c2cccnc2)C1. The first-order valence-corrected chi connectivity index (χ1v) is 5.02. The predicted molar refractivity (Wildman–Crippen MR) is 53.7 cm³/mol. The predicted octanol–water partition coefficient (Wildman–Crippen LogP) is 1.89. The minimum atomic E-state index is 0.736. The molecule has 0 amide bonds. The highest BCUT2D eigenvalue weighted by atomic mass is 15.2. The molecule has 1 aromatic rings. The highest BCUT2D eigenvalue weighted by Gasteiger charge is 2.26. The summed E-state index contributed by atoms with van der Waals surface area (Å²) in [6, 6.07) is 4.21. The van der Waals surface area contributed by atoms with E-state index in [1.54, 1.807) is 0 Å². The molecule has 1 saturated heterocycles. The lowest BCUT2D eigenvalue weighted by molar-refractivity contribution is 0.148. The second-order valence-corrected chi connectivity index (χ2v) is 3.74. The van der Waals surface area contributed by atoms with E-state index in [0.717, 1.165) is 5.92 Å². The molecule has 0 unspecified atom stereocenters. The summed E-state index contributed by atoms with van der Waals surface area (Å²) in [5, 5.41) is 0. The molecule has 13 heavy (non-hydrogen) atoms. The van der Waals surface area contributed by atoms with E-state index < -0.39 is 0 Å². The number of nitrogens with zero attached hydrogens (tertiary/aromatic N) is 2. The summed E-state index contributed by atoms with van der Waals surface area (Å²) < 4.78 is 0. The Morgan fingerprint density at radius 1 is 1.54 bits per heavy atom. The van der Waals surface area contributed by atoms with Gasteiger partial charge in [-0.25, -0.2) is 0 Å². The molecule has 0 saturated carbocycles. The molecule has 2 heteroatoms. The van der Waals surface area contributed by atoms with Crippen molar-refractivity contribution in [1.82, 2.24) is 9.88 Å². The molecule has 1 fully saturated rings. The number of pyridine rings is 1. The van der Waals surface area contributed by atoms with E-state index in [0.29, 0.717) is 0 Å². The third-order valence-corrected chi connectivity index (χ3v) is 2.65. The lowest BCUT2D eigenvalue weighted by Crippen LogP contribution is -2.45. The van der Waals surface area contributed by atoms with Crippen molar-refractivity contribution in [1.29, 1.82) is 0 Å². The van der Waals surface area contributed by atoms with Crippen LogP contribution in [-0.2, 0) is 0 Å². The molecule has 0 N–H and O–H groups in total. The zero-order valence-electron chi connectivity index (χ0n) is 8.11. The standard InChI is InChI=1S/C11H16N2/c1-2-6-13-8-11(9-13)10-4-3-5-12-7-10/h3-5,7,11H,2,6,8-9H2,1H3. The van der Waals surface area contributed by atoms with Crippen molar-refractivity contribution < 1.29 is 0 Å². The molecule has 0 aromatic carbocycles. The van der Waals surface area contributed by atoms with E-state index in [1.807, 2.05) is 18.5 Å². The van der Waals surface area contributed by atoms with Crippen molar-refractivity contribution in [3.05, 3.63) is 30.1 Å². The zero-order valence-corrected chi connectivity index (χ0v) is 8.11. The molecule has 0 atom stereocenters. The normalized spacial score (nSPS) is 18.5. The zero-order chi connectivity index (χ0) is 9.10. The summed E-state index contributed by atoms with van der Waals surface area (Å²) in [5.41, 5.74) is 1.40. The number of rotatable bonds is 3. The van der Waals surface area contributed by atoms with Gasteiger partial charge in [-0.1, -0.05) is 13.0 Å². The van der Waals surface area contributed by atoms with Gasteiger partial charge >= 0.3 is 0 Å². The molecule has 2 rings (SSSR count). The van der Waals surface area contributed by atoms with Crippen LogP contribution >= 0.6 is 0 Å². The van der Waals surface area contributed by atoms with E-state index in [-0.39, 0.29) is 0 Å². The Kier molecular flexibility index (Phi) is 2.60. The van der Waals surface area contributed by atoms with Crippen LogP contribution in [0.3, 0.4) is 0 Å². The first-order chi connectivity index (χ1) is 6.40. The smallest absolute Gasteiger partial charge is 0.0303 e. The Morgan fingerprint density at radius 2 is 2.38 bits per heavy atom. The van der Waals surface area contributed by atoms with Gasteiger partial charge in [-0.05, 0) is 24.6 Å². The third-order valence-electron chi connectivity index (χ3n) is 2.65. The van der Waals surface area contributed by atoms with Crippen molar-refractivity contribution >= 4 is 0 Å². The molecule has 1 aliphatic heterocycles. The number of hydrogen-bond acceptors (Lipinski definition) is 2. The second kappa shape index (κ2) is 3.88. The lowest BCUT2D eigenvalue weighted by atomic mass is 9.93. The van der Waals surface area contributed by atoms with Crippen LogP contribution in [0.2, 0.25) is 0 Å². The maximum Gasteiger partial charge on any atom is 0.0303 e. The van der Waals surface area contributed by atoms with Gasteiger partial charge in [0.2, 0.25) is 0 Å². The fourth-order valence-corrected chi connectivity index (χ4v) is 1.90. The molecule has 2 nitrogen and oxygen atoms in total. The highest BCUT2D eigenvalue weighted by molar-refractivity contribution is 5.18. The fourth-order valence-electron chi connectivity index (χ4n) is 1.90. The second-order valence-electron chi connectivity index (χ2n) is 3.74. The summed E-state index contributed by atoms with van der Waals surface area (Å²) in [4.78, 5) is 6.64. The quantitative estimate of drug-likeness (QED) is 0.699. The largest absolute Gasteiger partial charge is 0.302 e. The van der Waals surface area contributed by atoms with Crippen molar-refractivity contribution in [3.8, 4) is 0 Å². The molecular formula is C11H16N2. The first-order valence-electron chi connectivity index (χ1n) is 5.02. The summed E-state index contributed by atoms with van der Waals surface area (Å²) in [5.74, 6) is 0.736. The van der Waals surface area contributed by atoms with Gasteiger partial charge in [-0.2, -0.15) is 0 Å². The third kappa shape index (κ3) is 1.89. The van der Waals surface area contributed by atoms with Crippen LogP contribution in [0.4, 0.5) is 0 Å². The van der Waals surface area contributed by atoms with Crippen molar-refractivity contribution in [3.63, 3.8) is 0 Å². The Balaban J connectivity index is 1.87. The van der Waals surface area contributed by atoms with Crippen LogP contribution in [0.25, 0.3) is 0 Å². The molecule has 70 valence electrons. The molecule has 2 heterocycles. The van der Waals surface area contributed by atoms with E-state index in [9.17, 15) is 0 Å². The maximum absolute atomic E-state index is 4.14. The Morgan fingerprint density at radius 3 is 3.00 bits per heavy atom. The molecule has 0 bridgehead atoms. The molecule has 1 aromatic heterocycles. The van der Waals surface area contributed by atoms with Gasteiger partial charge in [0.1, 0.15) is 0 Å². The minimum absolute atomic E-state index is 0.736.